The largest absolute Gasteiger partial charge is 0.347 e. The number of ether oxygens (including phenoxy) is 2. The summed E-state index contributed by atoms with van der Waals surface area (Å²) in [5.74, 6) is -0.392. The first-order valence-electron chi connectivity index (χ1n) is 7.77. The summed E-state index contributed by atoms with van der Waals surface area (Å²) >= 11 is 5.81. The molecule has 2 aliphatic rings. The summed E-state index contributed by atoms with van der Waals surface area (Å²) in [6, 6.07) is 6.73. The van der Waals surface area contributed by atoms with E-state index in [0.29, 0.717) is 23.9 Å². The fourth-order valence-corrected chi connectivity index (χ4v) is 3.11. The topological polar surface area (TPSA) is 59.6 Å². The highest BCUT2D eigenvalue weighted by Gasteiger charge is 2.42. The van der Waals surface area contributed by atoms with Crippen molar-refractivity contribution in [1.29, 1.82) is 0 Å². The standard InChI is InChI=1S/C16H21ClN2O3/c17-12-4-6-13(7-5-12)19-15(20)18-10-14-11-21-16(22-14)8-2-1-3-9-16/h4-7,14H,1-3,8-11H2,(H2,18,19,20). The van der Waals surface area contributed by atoms with Crippen LogP contribution in [0.2, 0.25) is 5.02 Å². The lowest BCUT2D eigenvalue weighted by Gasteiger charge is -2.31. The molecule has 6 heteroatoms. The molecule has 1 saturated heterocycles. The van der Waals surface area contributed by atoms with Gasteiger partial charge < -0.3 is 20.1 Å². The molecular formula is C16H21ClN2O3. The van der Waals surface area contributed by atoms with E-state index in [-0.39, 0.29) is 12.1 Å². The van der Waals surface area contributed by atoms with Gasteiger partial charge in [0.25, 0.3) is 0 Å². The second-order valence-corrected chi connectivity index (χ2v) is 6.30. The summed E-state index contributed by atoms with van der Waals surface area (Å²) < 4.78 is 11.9. The van der Waals surface area contributed by atoms with E-state index in [4.69, 9.17) is 21.1 Å². The minimum absolute atomic E-state index is 0.0749. The molecule has 1 heterocycles. The molecule has 2 amide bonds. The minimum atomic E-state index is -0.392. The number of anilines is 1. The molecule has 1 aliphatic heterocycles. The van der Waals surface area contributed by atoms with E-state index in [1.54, 1.807) is 24.3 Å². The van der Waals surface area contributed by atoms with E-state index < -0.39 is 5.79 Å². The molecule has 1 saturated carbocycles. The average Bonchev–Trinajstić information content (AvgIpc) is 2.91. The molecule has 2 N–H and O–H groups in total. The molecule has 2 fully saturated rings. The SMILES string of the molecule is O=C(NCC1COC2(CCCCC2)O1)Nc1ccc(Cl)cc1. The van der Waals surface area contributed by atoms with Crippen molar-refractivity contribution in [2.24, 2.45) is 0 Å². The first-order valence-corrected chi connectivity index (χ1v) is 8.15. The number of hydrogen-bond acceptors (Lipinski definition) is 3. The summed E-state index contributed by atoms with van der Waals surface area (Å²) in [5.41, 5.74) is 0.703. The Bertz CT molecular complexity index is 515. The van der Waals surface area contributed by atoms with Gasteiger partial charge in [-0.25, -0.2) is 4.79 Å². The molecule has 0 bridgehead atoms. The number of halogens is 1. The highest BCUT2D eigenvalue weighted by molar-refractivity contribution is 6.30. The Morgan fingerprint density at radius 3 is 2.68 bits per heavy atom. The van der Waals surface area contributed by atoms with E-state index in [1.807, 2.05) is 0 Å². The molecule has 1 unspecified atom stereocenters. The molecule has 0 aromatic heterocycles. The molecular weight excluding hydrogens is 304 g/mol. The Morgan fingerprint density at radius 2 is 1.95 bits per heavy atom. The normalized spacial score (nSPS) is 23.4. The monoisotopic (exact) mass is 324 g/mol. The van der Waals surface area contributed by atoms with Crippen LogP contribution in [0.15, 0.2) is 24.3 Å². The summed E-state index contributed by atoms with van der Waals surface area (Å²) in [6.07, 6.45) is 5.39. The van der Waals surface area contributed by atoms with Gasteiger partial charge in [-0.2, -0.15) is 0 Å². The summed E-state index contributed by atoms with van der Waals surface area (Å²) in [7, 11) is 0. The van der Waals surface area contributed by atoms with Crippen LogP contribution in [-0.4, -0.2) is 31.1 Å². The minimum Gasteiger partial charge on any atom is -0.347 e. The second kappa shape index (κ2) is 6.86. The molecule has 1 aromatic carbocycles. The molecule has 1 spiro atoms. The lowest BCUT2D eigenvalue weighted by Crippen LogP contribution is -2.38. The van der Waals surface area contributed by atoms with Crippen LogP contribution in [0.25, 0.3) is 0 Å². The quantitative estimate of drug-likeness (QED) is 0.894. The maximum atomic E-state index is 11.9. The van der Waals surface area contributed by atoms with Crippen LogP contribution in [0.4, 0.5) is 10.5 Å². The van der Waals surface area contributed by atoms with Gasteiger partial charge in [0.05, 0.1) is 6.61 Å². The zero-order chi connectivity index (χ0) is 15.4. The van der Waals surface area contributed by atoms with Crippen LogP contribution in [0.1, 0.15) is 32.1 Å². The van der Waals surface area contributed by atoms with Crippen LogP contribution >= 0.6 is 11.6 Å². The molecule has 0 radical (unpaired) electrons. The Kier molecular flexibility index (Phi) is 4.86. The number of nitrogens with one attached hydrogen (secondary N) is 2. The van der Waals surface area contributed by atoms with Gasteiger partial charge >= 0.3 is 6.03 Å². The van der Waals surface area contributed by atoms with E-state index in [0.717, 1.165) is 25.7 Å². The van der Waals surface area contributed by atoms with Crippen molar-refractivity contribution in [3.8, 4) is 0 Å². The number of carbonyl (C=O) groups is 1. The first kappa shape index (κ1) is 15.6. The Hall–Kier alpha value is -1.30. The second-order valence-electron chi connectivity index (χ2n) is 5.86. The number of hydrogen-bond donors (Lipinski definition) is 2. The van der Waals surface area contributed by atoms with Crippen LogP contribution in [0.3, 0.4) is 0 Å². The fourth-order valence-electron chi connectivity index (χ4n) is 2.98. The van der Waals surface area contributed by atoms with Crippen molar-refractivity contribution < 1.29 is 14.3 Å². The Labute approximate surface area is 135 Å². The lowest BCUT2D eigenvalue weighted by molar-refractivity contribution is -0.186. The molecule has 1 atom stereocenters. The van der Waals surface area contributed by atoms with E-state index >= 15 is 0 Å². The highest BCUT2D eigenvalue weighted by Crippen LogP contribution is 2.37. The van der Waals surface area contributed by atoms with Gasteiger partial charge in [0.15, 0.2) is 5.79 Å². The maximum absolute atomic E-state index is 11.9. The van der Waals surface area contributed by atoms with Crippen molar-refractivity contribution in [2.45, 2.75) is 44.0 Å². The molecule has 1 aromatic rings. The number of carbonyl (C=O) groups excluding carboxylic acids is 1. The highest BCUT2D eigenvalue weighted by atomic mass is 35.5. The zero-order valence-electron chi connectivity index (χ0n) is 12.4. The van der Waals surface area contributed by atoms with Crippen molar-refractivity contribution >= 4 is 23.3 Å². The van der Waals surface area contributed by atoms with Gasteiger partial charge in [0, 0.05) is 30.1 Å². The van der Waals surface area contributed by atoms with Crippen LogP contribution < -0.4 is 10.6 Å². The molecule has 120 valence electrons. The fraction of sp³-hybridized carbons (Fsp3) is 0.562. The Balaban J connectivity index is 1.43. The summed E-state index contributed by atoms with van der Waals surface area (Å²) in [5, 5.41) is 6.22. The van der Waals surface area contributed by atoms with Gasteiger partial charge in [0.2, 0.25) is 0 Å². The molecule has 5 nitrogen and oxygen atoms in total. The van der Waals surface area contributed by atoms with Crippen LogP contribution in [-0.2, 0) is 9.47 Å². The lowest BCUT2D eigenvalue weighted by atomic mass is 9.94. The van der Waals surface area contributed by atoms with Crippen molar-refractivity contribution in [3.05, 3.63) is 29.3 Å². The average molecular weight is 325 g/mol. The van der Waals surface area contributed by atoms with Gasteiger partial charge in [-0.15, -0.1) is 0 Å². The van der Waals surface area contributed by atoms with E-state index in [2.05, 4.69) is 10.6 Å². The van der Waals surface area contributed by atoms with Gasteiger partial charge in [-0.1, -0.05) is 18.0 Å². The van der Waals surface area contributed by atoms with Crippen LogP contribution in [0, 0.1) is 0 Å². The maximum Gasteiger partial charge on any atom is 0.319 e. The number of amides is 2. The van der Waals surface area contributed by atoms with E-state index in [9.17, 15) is 4.79 Å². The number of urea groups is 1. The van der Waals surface area contributed by atoms with Crippen molar-refractivity contribution in [1.82, 2.24) is 5.32 Å². The third-order valence-electron chi connectivity index (χ3n) is 4.12. The van der Waals surface area contributed by atoms with Crippen molar-refractivity contribution in [2.75, 3.05) is 18.5 Å². The first-order chi connectivity index (χ1) is 10.7. The predicted molar refractivity (Wildman–Crippen MR) is 85.1 cm³/mol. The third kappa shape index (κ3) is 3.91. The summed E-state index contributed by atoms with van der Waals surface area (Å²) in [4.78, 5) is 11.9. The summed E-state index contributed by atoms with van der Waals surface area (Å²) in [6.45, 7) is 0.988. The number of rotatable bonds is 3. The predicted octanol–water partition coefficient (Wildman–Crippen LogP) is 3.54. The van der Waals surface area contributed by atoms with Gasteiger partial charge in [0.1, 0.15) is 6.10 Å². The Morgan fingerprint density at radius 1 is 1.23 bits per heavy atom. The van der Waals surface area contributed by atoms with E-state index in [1.165, 1.54) is 6.42 Å². The van der Waals surface area contributed by atoms with Crippen LogP contribution in [0.5, 0.6) is 0 Å². The third-order valence-corrected chi connectivity index (χ3v) is 4.37. The molecule has 3 rings (SSSR count). The number of benzene rings is 1. The molecule has 1 aliphatic carbocycles. The van der Waals surface area contributed by atoms with Crippen molar-refractivity contribution in [3.63, 3.8) is 0 Å². The zero-order valence-corrected chi connectivity index (χ0v) is 13.2. The smallest absolute Gasteiger partial charge is 0.319 e. The van der Waals surface area contributed by atoms with Gasteiger partial charge in [-0.3, -0.25) is 0 Å². The molecule has 22 heavy (non-hydrogen) atoms. The van der Waals surface area contributed by atoms with Gasteiger partial charge in [-0.05, 0) is 37.1 Å².